The topological polar surface area (TPSA) is 109 Å². The monoisotopic (exact) mass is 448 g/mol. The molecule has 0 aliphatic carbocycles. The van der Waals surface area contributed by atoms with E-state index in [9.17, 15) is 14.9 Å². The maximum absolute atomic E-state index is 13.2. The third-order valence-electron chi connectivity index (χ3n) is 5.60. The lowest BCUT2D eigenvalue weighted by Gasteiger charge is -2.28. The van der Waals surface area contributed by atoms with Crippen LogP contribution >= 0.6 is 0 Å². The first kappa shape index (κ1) is 22.2. The van der Waals surface area contributed by atoms with Crippen molar-refractivity contribution in [1.29, 1.82) is 0 Å². The highest BCUT2D eigenvalue weighted by Gasteiger charge is 2.40. The summed E-state index contributed by atoms with van der Waals surface area (Å²) in [5, 5.41) is 19.9. The molecule has 1 aromatic heterocycles. The first-order chi connectivity index (χ1) is 15.9. The Labute approximate surface area is 190 Å². The predicted octanol–water partition coefficient (Wildman–Crippen LogP) is 4.02. The van der Waals surface area contributed by atoms with Crippen LogP contribution in [0.15, 0.2) is 65.9 Å². The number of aromatic nitrogens is 2. The largest absolute Gasteiger partial charge is 0.460 e. The number of allylic oxidation sites excluding steroid dienone is 1. The van der Waals surface area contributed by atoms with Crippen molar-refractivity contribution in [1.82, 2.24) is 9.78 Å². The van der Waals surface area contributed by atoms with Gasteiger partial charge in [-0.3, -0.25) is 14.8 Å². The fraction of sp³-hybridized carbons (Fsp3) is 0.250. The molecule has 170 valence electrons. The van der Waals surface area contributed by atoms with Gasteiger partial charge in [0.05, 0.1) is 28.7 Å². The molecule has 0 radical (unpaired) electrons. The van der Waals surface area contributed by atoms with Gasteiger partial charge in [0.2, 0.25) is 0 Å². The van der Waals surface area contributed by atoms with E-state index in [1.54, 1.807) is 36.9 Å². The minimum atomic E-state index is -0.748. The highest BCUT2D eigenvalue weighted by molar-refractivity contribution is 5.96. The van der Waals surface area contributed by atoms with Gasteiger partial charge in [-0.25, -0.2) is 4.79 Å². The zero-order valence-corrected chi connectivity index (χ0v) is 18.6. The summed E-state index contributed by atoms with van der Waals surface area (Å²) in [6.45, 7) is 2.07. The molecule has 9 heteroatoms. The zero-order chi connectivity index (χ0) is 23.5. The summed E-state index contributed by atoms with van der Waals surface area (Å²) in [7, 11) is 3.31. The van der Waals surface area contributed by atoms with Gasteiger partial charge in [0, 0.05) is 42.6 Å². The van der Waals surface area contributed by atoms with Crippen LogP contribution in [0.2, 0.25) is 0 Å². The number of nitro groups is 1. The molecule has 3 aromatic rings. The summed E-state index contributed by atoms with van der Waals surface area (Å²) in [6, 6.07) is 16.0. The molecule has 0 spiro atoms. The fourth-order valence-electron chi connectivity index (χ4n) is 4.15. The number of nitrogens with zero attached hydrogens (tertiary/aromatic N) is 3. The molecule has 0 bridgehead atoms. The van der Waals surface area contributed by atoms with Crippen LogP contribution in [0.5, 0.6) is 0 Å². The van der Waals surface area contributed by atoms with E-state index >= 15 is 0 Å². The number of hydrogen-bond donors (Lipinski definition) is 1. The van der Waals surface area contributed by atoms with Crippen LogP contribution in [0.25, 0.3) is 11.3 Å². The van der Waals surface area contributed by atoms with Crippen LogP contribution in [0.4, 0.5) is 11.5 Å². The number of nitro benzene ring substituents is 1. The Balaban J connectivity index is 1.96. The van der Waals surface area contributed by atoms with Crippen molar-refractivity contribution in [2.24, 2.45) is 7.05 Å². The maximum Gasteiger partial charge on any atom is 0.336 e. The fourth-order valence-corrected chi connectivity index (χ4v) is 4.15. The number of hydrogen-bond acceptors (Lipinski definition) is 7. The number of carbonyl (C=O) groups is 1. The molecule has 9 nitrogen and oxygen atoms in total. The van der Waals surface area contributed by atoms with E-state index in [0.29, 0.717) is 33.9 Å². The van der Waals surface area contributed by atoms with Crippen LogP contribution in [0, 0.1) is 10.1 Å². The summed E-state index contributed by atoms with van der Waals surface area (Å²) in [5.41, 5.74) is 3.34. The molecule has 0 fully saturated rings. The molecule has 4 rings (SSSR count). The van der Waals surface area contributed by atoms with Gasteiger partial charge in [-0.05, 0) is 6.92 Å². The van der Waals surface area contributed by atoms with Crippen molar-refractivity contribution in [2.45, 2.75) is 12.8 Å². The van der Waals surface area contributed by atoms with Crippen molar-refractivity contribution in [3.8, 4) is 11.3 Å². The molecule has 0 saturated carbocycles. The van der Waals surface area contributed by atoms with Gasteiger partial charge < -0.3 is 14.8 Å². The average Bonchev–Trinajstić information content (AvgIpc) is 3.14. The minimum Gasteiger partial charge on any atom is -0.460 e. The highest BCUT2D eigenvalue weighted by atomic mass is 16.6. The minimum absolute atomic E-state index is 0.0706. The van der Waals surface area contributed by atoms with Crippen molar-refractivity contribution >= 4 is 17.5 Å². The molecule has 2 aromatic carbocycles. The van der Waals surface area contributed by atoms with Crippen LogP contribution in [-0.2, 0) is 21.3 Å². The number of para-hydroxylation sites is 1. The molecular formula is C24H24N4O5. The Morgan fingerprint density at radius 2 is 1.85 bits per heavy atom. The summed E-state index contributed by atoms with van der Waals surface area (Å²) >= 11 is 0. The SMILES string of the molecule is COCCOC(=O)C1=C(C)Nc2c(c(-c3ccccc3)nn2C)C1c1ccccc1[N+](=O)[O-]. The number of fused-ring (bicyclic) bond motifs is 1. The Bertz CT molecular complexity index is 1230. The average molecular weight is 448 g/mol. The van der Waals surface area contributed by atoms with E-state index < -0.39 is 16.8 Å². The van der Waals surface area contributed by atoms with Crippen molar-refractivity contribution in [2.75, 3.05) is 25.6 Å². The summed E-state index contributed by atoms with van der Waals surface area (Å²) in [4.78, 5) is 24.7. The normalized spacial score (nSPS) is 15.1. The lowest BCUT2D eigenvalue weighted by Crippen LogP contribution is -2.26. The second kappa shape index (κ2) is 9.25. The van der Waals surface area contributed by atoms with Gasteiger partial charge >= 0.3 is 5.97 Å². The van der Waals surface area contributed by atoms with Crippen LogP contribution in [0.3, 0.4) is 0 Å². The Morgan fingerprint density at radius 1 is 1.15 bits per heavy atom. The van der Waals surface area contributed by atoms with Gasteiger partial charge in [-0.15, -0.1) is 0 Å². The van der Waals surface area contributed by atoms with Crippen molar-refractivity contribution < 1.29 is 19.2 Å². The van der Waals surface area contributed by atoms with Crippen LogP contribution in [0.1, 0.15) is 24.0 Å². The van der Waals surface area contributed by atoms with Gasteiger partial charge in [0.25, 0.3) is 5.69 Å². The van der Waals surface area contributed by atoms with E-state index in [0.717, 1.165) is 5.56 Å². The summed E-state index contributed by atoms with van der Waals surface area (Å²) in [5.74, 6) is -0.640. The van der Waals surface area contributed by atoms with E-state index in [2.05, 4.69) is 5.32 Å². The third kappa shape index (κ3) is 4.10. The lowest BCUT2D eigenvalue weighted by molar-refractivity contribution is -0.385. The number of anilines is 1. The number of carbonyl (C=O) groups excluding carboxylic acids is 1. The lowest BCUT2D eigenvalue weighted by atomic mass is 9.80. The van der Waals surface area contributed by atoms with Gasteiger partial charge in [0.15, 0.2) is 0 Å². The second-order valence-electron chi connectivity index (χ2n) is 7.64. The third-order valence-corrected chi connectivity index (χ3v) is 5.60. The van der Waals surface area contributed by atoms with E-state index in [4.69, 9.17) is 14.6 Å². The summed E-state index contributed by atoms with van der Waals surface area (Å²) < 4.78 is 12.1. The van der Waals surface area contributed by atoms with Gasteiger partial charge in [0.1, 0.15) is 12.4 Å². The van der Waals surface area contributed by atoms with E-state index in [-0.39, 0.29) is 18.9 Å². The second-order valence-corrected chi connectivity index (χ2v) is 7.64. The molecular weight excluding hydrogens is 424 g/mol. The number of esters is 1. The first-order valence-corrected chi connectivity index (χ1v) is 10.4. The van der Waals surface area contributed by atoms with Gasteiger partial charge in [-0.2, -0.15) is 5.10 Å². The van der Waals surface area contributed by atoms with Crippen LogP contribution in [-0.4, -0.2) is 41.0 Å². The van der Waals surface area contributed by atoms with E-state index in [1.807, 2.05) is 30.3 Å². The molecule has 1 N–H and O–H groups in total. The number of nitrogens with one attached hydrogen (secondary N) is 1. The standard InChI is InChI=1S/C24H24N4O5/c1-15-19(24(29)33-14-13-32-3)20(17-11-7-8-12-18(17)28(30)31)21-22(16-9-5-4-6-10-16)26-27(2)23(21)25-15/h4-12,20,25H,13-14H2,1-3H3. The quantitative estimate of drug-likeness (QED) is 0.252. The predicted molar refractivity (Wildman–Crippen MR) is 123 cm³/mol. The van der Waals surface area contributed by atoms with Crippen LogP contribution < -0.4 is 5.32 Å². The highest BCUT2D eigenvalue weighted by Crippen LogP contribution is 2.48. The van der Waals surface area contributed by atoms with Crippen molar-refractivity contribution in [3.63, 3.8) is 0 Å². The number of rotatable bonds is 7. The molecule has 0 saturated heterocycles. The molecule has 1 unspecified atom stereocenters. The smallest absolute Gasteiger partial charge is 0.336 e. The molecule has 2 heterocycles. The number of aryl methyl sites for hydroxylation is 1. The molecule has 1 aliphatic heterocycles. The van der Waals surface area contributed by atoms with Gasteiger partial charge in [-0.1, -0.05) is 48.5 Å². The molecule has 33 heavy (non-hydrogen) atoms. The van der Waals surface area contributed by atoms with Crippen molar-refractivity contribution in [3.05, 3.63) is 87.1 Å². The molecule has 1 aliphatic rings. The maximum atomic E-state index is 13.2. The number of methoxy groups -OCH3 is 1. The number of ether oxygens (including phenoxy) is 2. The Morgan fingerprint density at radius 3 is 2.55 bits per heavy atom. The number of benzene rings is 2. The summed E-state index contributed by atoms with van der Waals surface area (Å²) in [6.07, 6.45) is 0. The first-order valence-electron chi connectivity index (χ1n) is 10.4. The Kier molecular flexibility index (Phi) is 6.23. The molecule has 1 atom stereocenters. The zero-order valence-electron chi connectivity index (χ0n) is 18.6. The molecule has 0 amide bonds. The van der Waals surface area contributed by atoms with E-state index in [1.165, 1.54) is 13.2 Å². The Hall–Kier alpha value is -3.98.